The second-order valence-corrected chi connectivity index (χ2v) is 5.58. The normalized spacial score (nSPS) is 10.3. The van der Waals surface area contributed by atoms with Gasteiger partial charge in [-0.05, 0) is 49.2 Å². The molecule has 0 aliphatic rings. The molecule has 0 heterocycles. The van der Waals surface area contributed by atoms with E-state index in [0.29, 0.717) is 22.6 Å². The van der Waals surface area contributed by atoms with Crippen LogP contribution in [0.2, 0.25) is 0 Å². The zero-order valence-corrected chi connectivity index (χ0v) is 14.1. The minimum atomic E-state index is -0.108. The third-order valence-corrected chi connectivity index (χ3v) is 4.60. The Morgan fingerprint density at radius 3 is 1.90 bits per heavy atom. The van der Waals surface area contributed by atoms with Crippen LogP contribution >= 0.6 is 15.9 Å². The van der Waals surface area contributed by atoms with Crippen LogP contribution in [0.25, 0.3) is 0 Å². The first-order chi connectivity index (χ1) is 9.99. The largest absolute Gasteiger partial charge is 0.496 e. The molecule has 0 fully saturated rings. The minimum absolute atomic E-state index is 0.108. The molecule has 21 heavy (non-hydrogen) atoms. The summed E-state index contributed by atoms with van der Waals surface area (Å²) in [5, 5.41) is 0. The number of rotatable bonds is 4. The number of carbonyl (C=O) groups is 1. The van der Waals surface area contributed by atoms with Crippen LogP contribution in [-0.2, 0) is 0 Å². The summed E-state index contributed by atoms with van der Waals surface area (Å²) in [5.41, 5.74) is 3.11. The molecular weight excluding hydrogens is 332 g/mol. The first-order valence-electron chi connectivity index (χ1n) is 6.52. The van der Waals surface area contributed by atoms with E-state index in [1.54, 1.807) is 32.4 Å². The smallest absolute Gasteiger partial charge is 0.200 e. The van der Waals surface area contributed by atoms with Crippen LogP contribution in [0.4, 0.5) is 0 Å². The average molecular weight is 349 g/mol. The second-order valence-electron chi connectivity index (χ2n) is 4.79. The molecule has 0 spiro atoms. The maximum Gasteiger partial charge on any atom is 0.200 e. The van der Waals surface area contributed by atoms with E-state index in [2.05, 4.69) is 15.9 Å². The molecule has 0 bridgehead atoms. The second kappa shape index (κ2) is 6.31. The van der Waals surface area contributed by atoms with E-state index in [4.69, 9.17) is 9.47 Å². The van der Waals surface area contributed by atoms with Crippen LogP contribution in [0.3, 0.4) is 0 Å². The van der Waals surface area contributed by atoms with Gasteiger partial charge in [-0.2, -0.15) is 0 Å². The predicted molar refractivity (Wildman–Crippen MR) is 86.6 cm³/mol. The zero-order chi connectivity index (χ0) is 15.6. The maximum atomic E-state index is 12.8. The van der Waals surface area contributed by atoms with Crippen LogP contribution in [0.15, 0.2) is 34.8 Å². The third-order valence-electron chi connectivity index (χ3n) is 3.35. The number of aryl methyl sites for hydroxylation is 2. The van der Waals surface area contributed by atoms with Crippen molar-refractivity contribution in [1.82, 2.24) is 0 Å². The predicted octanol–water partition coefficient (Wildman–Crippen LogP) is 4.31. The van der Waals surface area contributed by atoms with E-state index >= 15 is 0 Å². The van der Waals surface area contributed by atoms with Crippen molar-refractivity contribution in [2.45, 2.75) is 13.8 Å². The van der Waals surface area contributed by atoms with Gasteiger partial charge in [0.25, 0.3) is 0 Å². The van der Waals surface area contributed by atoms with E-state index in [-0.39, 0.29) is 5.78 Å². The molecule has 0 amide bonds. The van der Waals surface area contributed by atoms with E-state index in [1.165, 1.54) is 0 Å². The van der Waals surface area contributed by atoms with Crippen molar-refractivity contribution >= 4 is 21.7 Å². The lowest BCUT2D eigenvalue weighted by Crippen LogP contribution is -2.07. The van der Waals surface area contributed by atoms with Crippen molar-refractivity contribution < 1.29 is 14.3 Å². The maximum absolute atomic E-state index is 12.8. The van der Waals surface area contributed by atoms with Gasteiger partial charge in [0.1, 0.15) is 17.1 Å². The van der Waals surface area contributed by atoms with Crippen LogP contribution in [-0.4, -0.2) is 20.0 Å². The van der Waals surface area contributed by atoms with Crippen molar-refractivity contribution in [3.05, 3.63) is 57.1 Å². The van der Waals surface area contributed by atoms with Crippen LogP contribution < -0.4 is 9.47 Å². The number of ether oxygens (including phenoxy) is 2. The molecule has 0 radical (unpaired) electrons. The summed E-state index contributed by atoms with van der Waals surface area (Å²) in [7, 11) is 3.09. The lowest BCUT2D eigenvalue weighted by atomic mass is 9.98. The highest BCUT2D eigenvalue weighted by Crippen LogP contribution is 2.32. The molecule has 110 valence electrons. The highest BCUT2D eigenvalue weighted by molar-refractivity contribution is 9.10. The van der Waals surface area contributed by atoms with Gasteiger partial charge >= 0.3 is 0 Å². The summed E-state index contributed by atoms with van der Waals surface area (Å²) < 4.78 is 11.6. The number of benzene rings is 2. The van der Waals surface area contributed by atoms with E-state index < -0.39 is 0 Å². The summed E-state index contributed by atoms with van der Waals surface area (Å²) in [6.07, 6.45) is 0. The number of hydrogen-bond acceptors (Lipinski definition) is 3. The number of methoxy groups -OCH3 is 2. The Kier molecular flexibility index (Phi) is 4.68. The first-order valence-corrected chi connectivity index (χ1v) is 7.31. The fourth-order valence-corrected chi connectivity index (χ4v) is 2.53. The molecule has 3 nitrogen and oxygen atoms in total. The third kappa shape index (κ3) is 2.95. The Balaban J connectivity index is 2.60. The van der Waals surface area contributed by atoms with Crippen molar-refractivity contribution in [3.63, 3.8) is 0 Å². The SMILES string of the molecule is COc1cccc(OC)c1C(=O)c1cc(C)c(Br)c(C)c1. The lowest BCUT2D eigenvalue weighted by molar-refractivity contribution is 0.103. The van der Waals surface area contributed by atoms with Gasteiger partial charge in [0.05, 0.1) is 14.2 Å². The molecule has 4 heteroatoms. The highest BCUT2D eigenvalue weighted by atomic mass is 79.9. The number of carbonyl (C=O) groups excluding carboxylic acids is 1. The van der Waals surface area contributed by atoms with Gasteiger partial charge in [0.2, 0.25) is 5.78 Å². The number of hydrogen-bond donors (Lipinski definition) is 0. The van der Waals surface area contributed by atoms with Gasteiger partial charge < -0.3 is 9.47 Å². The Hall–Kier alpha value is -1.81. The molecule has 2 aromatic rings. The molecule has 2 rings (SSSR count). The molecule has 0 saturated carbocycles. The highest BCUT2D eigenvalue weighted by Gasteiger charge is 2.20. The summed E-state index contributed by atoms with van der Waals surface area (Å²) in [5.74, 6) is 0.915. The van der Waals surface area contributed by atoms with E-state index in [9.17, 15) is 4.79 Å². The Morgan fingerprint density at radius 1 is 1.00 bits per heavy atom. The first kappa shape index (κ1) is 15.6. The van der Waals surface area contributed by atoms with Gasteiger partial charge in [-0.25, -0.2) is 0 Å². The fraction of sp³-hybridized carbons (Fsp3) is 0.235. The molecule has 0 aromatic heterocycles. The Bertz CT molecular complexity index is 647. The van der Waals surface area contributed by atoms with Crippen LogP contribution in [0.5, 0.6) is 11.5 Å². The molecule has 0 saturated heterocycles. The molecule has 0 N–H and O–H groups in total. The standard InChI is InChI=1S/C17H17BrO3/c1-10-8-12(9-11(2)16(10)18)17(19)15-13(20-3)6-5-7-14(15)21-4/h5-9H,1-4H3. The summed E-state index contributed by atoms with van der Waals surface area (Å²) in [6, 6.07) is 9.05. The van der Waals surface area contributed by atoms with Crippen molar-refractivity contribution in [2.24, 2.45) is 0 Å². The summed E-state index contributed by atoms with van der Waals surface area (Å²) in [4.78, 5) is 12.8. The molecule has 2 aromatic carbocycles. The lowest BCUT2D eigenvalue weighted by Gasteiger charge is -2.13. The molecular formula is C17H17BrO3. The molecule has 0 atom stereocenters. The van der Waals surface area contributed by atoms with Gasteiger partial charge in [-0.15, -0.1) is 0 Å². The van der Waals surface area contributed by atoms with Gasteiger partial charge in [0, 0.05) is 10.0 Å². The number of halogens is 1. The Morgan fingerprint density at radius 2 is 1.48 bits per heavy atom. The monoisotopic (exact) mass is 348 g/mol. The quantitative estimate of drug-likeness (QED) is 0.772. The van der Waals surface area contributed by atoms with Gasteiger partial charge in [0.15, 0.2) is 0 Å². The van der Waals surface area contributed by atoms with E-state index in [1.807, 2.05) is 26.0 Å². The van der Waals surface area contributed by atoms with Crippen molar-refractivity contribution in [2.75, 3.05) is 14.2 Å². The molecule has 0 aliphatic carbocycles. The molecule has 0 aliphatic heterocycles. The Labute approximate surface area is 133 Å². The fourth-order valence-electron chi connectivity index (χ4n) is 2.30. The van der Waals surface area contributed by atoms with Crippen LogP contribution in [0.1, 0.15) is 27.0 Å². The topological polar surface area (TPSA) is 35.5 Å². The average Bonchev–Trinajstić information content (AvgIpc) is 2.50. The summed E-state index contributed by atoms with van der Waals surface area (Å²) >= 11 is 3.51. The summed E-state index contributed by atoms with van der Waals surface area (Å²) in [6.45, 7) is 3.93. The van der Waals surface area contributed by atoms with Gasteiger partial charge in [-0.3, -0.25) is 4.79 Å². The molecule has 0 unspecified atom stereocenters. The van der Waals surface area contributed by atoms with Crippen molar-refractivity contribution in [3.8, 4) is 11.5 Å². The number of ketones is 1. The van der Waals surface area contributed by atoms with Crippen LogP contribution in [0, 0.1) is 13.8 Å². The van der Waals surface area contributed by atoms with E-state index in [0.717, 1.165) is 15.6 Å². The zero-order valence-electron chi connectivity index (χ0n) is 12.5. The minimum Gasteiger partial charge on any atom is -0.496 e. The van der Waals surface area contributed by atoms with Crippen molar-refractivity contribution in [1.29, 1.82) is 0 Å². The van der Waals surface area contributed by atoms with Gasteiger partial charge in [-0.1, -0.05) is 22.0 Å².